The summed E-state index contributed by atoms with van der Waals surface area (Å²) in [7, 11) is 0. The second kappa shape index (κ2) is 2.07. The first-order valence-corrected chi connectivity index (χ1v) is 3.62. The highest BCUT2D eigenvalue weighted by Gasteiger charge is 2.28. The lowest BCUT2D eigenvalue weighted by Gasteiger charge is -2.02. The van der Waals surface area contributed by atoms with Gasteiger partial charge in [-0.1, -0.05) is 18.7 Å². The third kappa shape index (κ3) is 0.880. The highest BCUT2D eigenvalue weighted by atomic mass is 32.2. The third-order valence-electron chi connectivity index (χ3n) is 1.37. The van der Waals surface area contributed by atoms with Gasteiger partial charge in [0.05, 0.1) is 6.04 Å². The van der Waals surface area contributed by atoms with Crippen molar-refractivity contribution in [1.29, 1.82) is 0 Å². The van der Waals surface area contributed by atoms with Crippen LogP contribution in [-0.2, 0) is 4.79 Å². The van der Waals surface area contributed by atoms with Crippen molar-refractivity contribution in [1.82, 2.24) is 0 Å². The second-order valence-corrected chi connectivity index (χ2v) is 3.16. The van der Waals surface area contributed by atoms with Gasteiger partial charge in [-0.15, -0.1) is 0 Å². The molecule has 1 aliphatic rings. The Morgan fingerprint density at radius 1 is 1.88 bits per heavy atom. The van der Waals surface area contributed by atoms with Gasteiger partial charge in [0.2, 0.25) is 5.12 Å². The lowest BCUT2D eigenvalue weighted by molar-refractivity contribution is -0.112. The van der Waals surface area contributed by atoms with E-state index in [2.05, 4.69) is 0 Å². The summed E-state index contributed by atoms with van der Waals surface area (Å²) in [5, 5.41) is 0.150. The molecule has 0 saturated carbocycles. The van der Waals surface area contributed by atoms with Crippen molar-refractivity contribution in [3.05, 3.63) is 0 Å². The van der Waals surface area contributed by atoms with Crippen molar-refractivity contribution < 1.29 is 4.79 Å². The Bertz CT molecular complexity index is 115. The Morgan fingerprint density at radius 2 is 2.50 bits per heavy atom. The van der Waals surface area contributed by atoms with Crippen LogP contribution in [0.2, 0.25) is 0 Å². The predicted molar refractivity (Wildman–Crippen MR) is 34.6 cm³/mol. The van der Waals surface area contributed by atoms with Crippen LogP contribution in [0.5, 0.6) is 0 Å². The highest BCUT2D eigenvalue weighted by molar-refractivity contribution is 8.14. The summed E-state index contributed by atoms with van der Waals surface area (Å²) in [6, 6.07) is -0.194. The highest BCUT2D eigenvalue weighted by Crippen LogP contribution is 2.23. The SMILES string of the molecule is CC1CSC(=O)C1N. The van der Waals surface area contributed by atoms with E-state index < -0.39 is 0 Å². The van der Waals surface area contributed by atoms with Gasteiger partial charge in [0, 0.05) is 5.75 Å². The Hall–Kier alpha value is -0.0200. The van der Waals surface area contributed by atoms with Crippen molar-refractivity contribution >= 4 is 16.9 Å². The number of rotatable bonds is 0. The van der Waals surface area contributed by atoms with Crippen LogP contribution in [-0.4, -0.2) is 16.9 Å². The fourth-order valence-corrected chi connectivity index (χ4v) is 1.71. The van der Waals surface area contributed by atoms with E-state index in [0.717, 1.165) is 5.75 Å². The molecule has 0 aromatic rings. The molecule has 0 radical (unpaired) electrons. The van der Waals surface area contributed by atoms with Crippen molar-refractivity contribution in [3.63, 3.8) is 0 Å². The quantitative estimate of drug-likeness (QED) is 0.511. The van der Waals surface area contributed by atoms with Crippen LogP contribution in [0.3, 0.4) is 0 Å². The molecule has 1 heterocycles. The average molecular weight is 131 g/mol. The summed E-state index contributed by atoms with van der Waals surface area (Å²) < 4.78 is 0. The van der Waals surface area contributed by atoms with E-state index >= 15 is 0 Å². The van der Waals surface area contributed by atoms with Crippen LogP contribution in [0, 0.1) is 5.92 Å². The summed E-state index contributed by atoms with van der Waals surface area (Å²) >= 11 is 1.35. The average Bonchev–Trinajstić information content (AvgIpc) is 1.98. The second-order valence-electron chi connectivity index (χ2n) is 2.13. The topological polar surface area (TPSA) is 43.1 Å². The third-order valence-corrected chi connectivity index (χ3v) is 2.62. The molecule has 2 unspecified atom stereocenters. The zero-order valence-electron chi connectivity index (χ0n) is 4.76. The molecule has 1 rings (SSSR count). The molecule has 3 heteroatoms. The summed E-state index contributed by atoms with van der Waals surface area (Å²) in [6.07, 6.45) is 0. The van der Waals surface area contributed by atoms with E-state index in [1.54, 1.807) is 0 Å². The first-order chi connectivity index (χ1) is 3.72. The minimum atomic E-state index is -0.194. The molecule has 0 aromatic heterocycles. The Labute approximate surface area is 52.8 Å². The standard InChI is InChI=1S/C5H9NOS/c1-3-2-8-5(7)4(3)6/h3-4H,2,6H2,1H3. The molecule has 0 spiro atoms. The maximum absolute atomic E-state index is 10.6. The molecule has 0 aromatic carbocycles. The van der Waals surface area contributed by atoms with Gasteiger partial charge in [-0.05, 0) is 5.92 Å². The minimum absolute atomic E-state index is 0.150. The van der Waals surface area contributed by atoms with E-state index in [1.807, 2.05) is 6.92 Å². The number of carbonyl (C=O) groups excluding carboxylic acids is 1. The molecule has 1 aliphatic heterocycles. The lowest BCUT2D eigenvalue weighted by atomic mass is 10.1. The van der Waals surface area contributed by atoms with E-state index in [9.17, 15) is 4.79 Å². The molecule has 2 atom stereocenters. The Kier molecular flexibility index (Phi) is 1.58. The summed E-state index contributed by atoms with van der Waals surface area (Å²) in [6.45, 7) is 2.00. The Morgan fingerprint density at radius 3 is 2.62 bits per heavy atom. The van der Waals surface area contributed by atoms with Crippen LogP contribution < -0.4 is 5.73 Å². The van der Waals surface area contributed by atoms with Crippen LogP contribution in [0.4, 0.5) is 0 Å². The maximum atomic E-state index is 10.6. The molecule has 1 fully saturated rings. The maximum Gasteiger partial charge on any atom is 0.205 e. The molecule has 1 saturated heterocycles. The van der Waals surface area contributed by atoms with E-state index in [-0.39, 0.29) is 11.2 Å². The zero-order valence-corrected chi connectivity index (χ0v) is 5.57. The van der Waals surface area contributed by atoms with Crippen molar-refractivity contribution in [2.45, 2.75) is 13.0 Å². The molecule has 2 N–H and O–H groups in total. The number of nitrogens with two attached hydrogens (primary N) is 1. The Balaban J connectivity index is 2.56. The number of hydrogen-bond acceptors (Lipinski definition) is 3. The number of carbonyl (C=O) groups is 1. The predicted octanol–water partition coefficient (Wildman–Crippen LogP) is 0.223. The van der Waals surface area contributed by atoms with Gasteiger partial charge in [0.1, 0.15) is 0 Å². The van der Waals surface area contributed by atoms with E-state index in [0.29, 0.717) is 5.92 Å². The molecule has 8 heavy (non-hydrogen) atoms. The molecular weight excluding hydrogens is 122 g/mol. The lowest BCUT2D eigenvalue weighted by Crippen LogP contribution is -2.29. The van der Waals surface area contributed by atoms with Crippen LogP contribution in [0.15, 0.2) is 0 Å². The van der Waals surface area contributed by atoms with Crippen molar-refractivity contribution in [2.75, 3.05) is 5.75 Å². The van der Waals surface area contributed by atoms with Gasteiger partial charge in [0.15, 0.2) is 0 Å². The normalized spacial score (nSPS) is 38.5. The fraction of sp³-hybridized carbons (Fsp3) is 0.800. The van der Waals surface area contributed by atoms with Gasteiger partial charge in [-0.2, -0.15) is 0 Å². The summed E-state index contributed by atoms with van der Waals surface area (Å²) in [5.74, 6) is 1.28. The first-order valence-electron chi connectivity index (χ1n) is 2.64. The van der Waals surface area contributed by atoms with Gasteiger partial charge in [0.25, 0.3) is 0 Å². The number of hydrogen-bond donors (Lipinski definition) is 1. The smallest absolute Gasteiger partial charge is 0.205 e. The molecule has 46 valence electrons. The van der Waals surface area contributed by atoms with Crippen LogP contribution in [0.25, 0.3) is 0 Å². The van der Waals surface area contributed by atoms with Crippen molar-refractivity contribution in [2.24, 2.45) is 11.7 Å². The van der Waals surface area contributed by atoms with Gasteiger partial charge < -0.3 is 5.73 Å². The fourth-order valence-electron chi connectivity index (χ4n) is 0.646. The van der Waals surface area contributed by atoms with E-state index in [4.69, 9.17) is 5.73 Å². The molecule has 0 bridgehead atoms. The van der Waals surface area contributed by atoms with Gasteiger partial charge in [-0.25, -0.2) is 0 Å². The van der Waals surface area contributed by atoms with Gasteiger partial charge >= 0.3 is 0 Å². The van der Waals surface area contributed by atoms with Crippen LogP contribution >= 0.6 is 11.8 Å². The molecule has 0 aliphatic carbocycles. The van der Waals surface area contributed by atoms with Crippen molar-refractivity contribution in [3.8, 4) is 0 Å². The monoisotopic (exact) mass is 131 g/mol. The summed E-state index contributed by atoms with van der Waals surface area (Å²) in [4.78, 5) is 10.6. The molecule has 0 amide bonds. The molecule has 2 nitrogen and oxygen atoms in total. The molecular formula is C5H9NOS. The number of thioether (sulfide) groups is 1. The van der Waals surface area contributed by atoms with Crippen LogP contribution in [0.1, 0.15) is 6.92 Å². The minimum Gasteiger partial charge on any atom is -0.321 e. The largest absolute Gasteiger partial charge is 0.321 e. The summed E-state index contributed by atoms with van der Waals surface area (Å²) in [5.41, 5.74) is 5.45. The van der Waals surface area contributed by atoms with Gasteiger partial charge in [-0.3, -0.25) is 4.79 Å². The zero-order chi connectivity index (χ0) is 6.15. The van der Waals surface area contributed by atoms with E-state index in [1.165, 1.54) is 11.8 Å². The first kappa shape index (κ1) is 6.11.